The number of hydrogen-bond donors (Lipinski definition) is 4. The third-order valence-corrected chi connectivity index (χ3v) is 5.34. The number of aromatic amines is 1. The predicted molar refractivity (Wildman–Crippen MR) is 104 cm³/mol. The number of H-pyrrole nitrogens is 1. The quantitative estimate of drug-likeness (QED) is 0.497. The lowest BCUT2D eigenvalue weighted by molar-refractivity contribution is 0.511. The van der Waals surface area contributed by atoms with E-state index in [2.05, 4.69) is 35.6 Å². The fraction of sp³-hybridized carbons (Fsp3) is 0.412. The molecule has 2 aliphatic rings. The van der Waals surface area contributed by atoms with Gasteiger partial charge in [-0.3, -0.25) is 5.10 Å². The van der Waals surface area contributed by atoms with Crippen molar-refractivity contribution in [1.29, 1.82) is 0 Å². The van der Waals surface area contributed by atoms with Crippen molar-refractivity contribution in [2.45, 2.75) is 25.7 Å². The highest BCUT2D eigenvalue weighted by molar-refractivity contribution is 6.45. The van der Waals surface area contributed by atoms with Crippen LogP contribution in [0, 0.1) is 12.8 Å². The molecule has 4 heterocycles. The molecule has 9 nitrogen and oxygen atoms in total. The zero-order chi connectivity index (χ0) is 18.6. The fourth-order valence-electron chi connectivity index (χ4n) is 4.07. The molecule has 1 saturated heterocycles. The summed E-state index contributed by atoms with van der Waals surface area (Å²) in [4.78, 5) is 16.0. The van der Waals surface area contributed by atoms with E-state index in [-0.39, 0.29) is 5.54 Å². The van der Waals surface area contributed by atoms with Gasteiger partial charge in [-0.05, 0) is 38.2 Å². The molecule has 5 rings (SSSR count). The molecule has 138 valence electrons. The van der Waals surface area contributed by atoms with E-state index in [4.69, 9.17) is 4.98 Å². The lowest BCUT2D eigenvalue weighted by atomic mass is 9.86. The van der Waals surface area contributed by atoms with Crippen molar-refractivity contribution >= 4 is 35.7 Å². The minimum atomic E-state index is -0.519. The van der Waals surface area contributed by atoms with Crippen molar-refractivity contribution in [2.75, 3.05) is 23.3 Å². The molecule has 3 aromatic rings. The molecule has 0 bridgehead atoms. The molecule has 0 radical (unpaired) electrons. The summed E-state index contributed by atoms with van der Waals surface area (Å²) in [5.41, 5.74) is 1.60. The van der Waals surface area contributed by atoms with Crippen LogP contribution in [0.1, 0.15) is 12.1 Å². The van der Waals surface area contributed by atoms with Crippen molar-refractivity contribution in [3.05, 3.63) is 30.1 Å². The first kappa shape index (κ1) is 16.5. The molecule has 1 aliphatic heterocycles. The van der Waals surface area contributed by atoms with Gasteiger partial charge in [-0.2, -0.15) is 15.1 Å². The molecule has 0 spiro atoms. The number of rotatable bonds is 5. The Hall–Kier alpha value is -2.72. The number of hydrogen-bond acceptors (Lipinski definition) is 8. The van der Waals surface area contributed by atoms with Crippen LogP contribution in [-0.2, 0) is 0 Å². The Balaban J connectivity index is 1.49. The van der Waals surface area contributed by atoms with Gasteiger partial charge in [-0.1, -0.05) is 0 Å². The van der Waals surface area contributed by atoms with Gasteiger partial charge in [-0.15, -0.1) is 0 Å². The standard InChI is InChI=1S/C17H21BN8O/c1-10-6-13(24-23-10)20-15-12-4-3-5-19-14(12)21-16(22-15)26-8-11-7-17(11,9-26)25-18(2)27/h3-6,11,25,27H,7-9H2,1-2H3,(H2,19,20,21,22,23,24)/t11?,17-/m1/s1. The Labute approximate surface area is 156 Å². The number of nitrogens with zero attached hydrogens (tertiary/aromatic N) is 5. The molecule has 0 amide bonds. The molecular formula is C17H21BN8O. The maximum absolute atomic E-state index is 9.72. The highest BCUT2D eigenvalue weighted by atomic mass is 16.2. The van der Waals surface area contributed by atoms with Crippen LogP contribution in [0.3, 0.4) is 0 Å². The van der Waals surface area contributed by atoms with Crippen LogP contribution < -0.4 is 15.4 Å². The number of nitrogens with one attached hydrogen (secondary N) is 3. The maximum atomic E-state index is 9.72. The van der Waals surface area contributed by atoms with Crippen molar-refractivity contribution in [1.82, 2.24) is 30.4 Å². The third kappa shape index (κ3) is 2.90. The van der Waals surface area contributed by atoms with Crippen molar-refractivity contribution in [2.24, 2.45) is 5.92 Å². The van der Waals surface area contributed by atoms with Gasteiger partial charge in [-0.25, -0.2) is 4.98 Å². The Kier molecular flexibility index (Phi) is 3.59. The first-order valence-corrected chi connectivity index (χ1v) is 9.15. The molecule has 10 heteroatoms. The summed E-state index contributed by atoms with van der Waals surface area (Å²) in [6, 6.07) is 5.75. The molecule has 1 saturated carbocycles. The molecule has 27 heavy (non-hydrogen) atoms. The Morgan fingerprint density at radius 2 is 2.30 bits per heavy atom. The van der Waals surface area contributed by atoms with Crippen molar-refractivity contribution in [3.8, 4) is 0 Å². The van der Waals surface area contributed by atoms with Crippen molar-refractivity contribution in [3.63, 3.8) is 0 Å². The molecule has 2 atom stereocenters. The van der Waals surface area contributed by atoms with Gasteiger partial charge in [0.2, 0.25) is 5.95 Å². The number of fused-ring (bicyclic) bond motifs is 2. The Morgan fingerprint density at radius 1 is 1.41 bits per heavy atom. The molecule has 0 aromatic carbocycles. The number of piperidine rings is 1. The highest BCUT2D eigenvalue weighted by Gasteiger charge is 2.60. The summed E-state index contributed by atoms with van der Waals surface area (Å²) in [5, 5.41) is 24.3. The second-order valence-corrected chi connectivity index (χ2v) is 7.57. The largest absolute Gasteiger partial charge is 0.437 e. The summed E-state index contributed by atoms with van der Waals surface area (Å²) in [7, 11) is -0.519. The topological polar surface area (TPSA) is 115 Å². The lowest BCUT2D eigenvalue weighted by Crippen LogP contribution is -2.46. The SMILES string of the molecule is CB(O)N[C@@]12CC1CN(c1nc(Nc3cc(C)[nH]n3)c3cccnc3n1)C2. The van der Waals surface area contributed by atoms with Gasteiger partial charge in [0, 0.05) is 36.6 Å². The van der Waals surface area contributed by atoms with E-state index in [0.717, 1.165) is 30.6 Å². The number of aryl methyl sites for hydroxylation is 1. The van der Waals surface area contributed by atoms with E-state index in [1.54, 1.807) is 13.0 Å². The number of anilines is 3. The second kappa shape index (κ2) is 5.90. The first-order chi connectivity index (χ1) is 13.0. The maximum Gasteiger partial charge on any atom is 0.374 e. The Morgan fingerprint density at radius 3 is 3.07 bits per heavy atom. The summed E-state index contributed by atoms with van der Waals surface area (Å²) in [6.07, 6.45) is 2.82. The minimum Gasteiger partial charge on any atom is -0.437 e. The summed E-state index contributed by atoms with van der Waals surface area (Å²) in [6.45, 7) is 5.37. The smallest absolute Gasteiger partial charge is 0.374 e. The highest BCUT2D eigenvalue weighted by Crippen LogP contribution is 2.50. The van der Waals surface area contributed by atoms with E-state index in [1.807, 2.05) is 25.1 Å². The molecule has 3 aromatic heterocycles. The number of aromatic nitrogens is 5. The molecule has 4 N–H and O–H groups in total. The normalized spacial score (nSPS) is 23.5. The average Bonchev–Trinajstić information content (AvgIpc) is 2.95. The predicted octanol–water partition coefficient (Wildman–Crippen LogP) is 1.08. The second-order valence-electron chi connectivity index (χ2n) is 7.57. The van der Waals surface area contributed by atoms with Gasteiger partial charge in [0.05, 0.1) is 5.39 Å². The van der Waals surface area contributed by atoms with Crippen LogP contribution >= 0.6 is 0 Å². The summed E-state index contributed by atoms with van der Waals surface area (Å²) < 4.78 is 0. The number of pyridine rings is 1. The van der Waals surface area contributed by atoms with Crippen LogP contribution in [0.2, 0.25) is 6.82 Å². The average molecular weight is 364 g/mol. The van der Waals surface area contributed by atoms with E-state index in [1.165, 1.54) is 0 Å². The van der Waals surface area contributed by atoms with Crippen LogP contribution in [-0.4, -0.2) is 55.9 Å². The van der Waals surface area contributed by atoms with E-state index < -0.39 is 7.05 Å². The monoisotopic (exact) mass is 364 g/mol. The summed E-state index contributed by atoms with van der Waals surface area (Å²) >= 11 is 0. The van der Waals surface area contributed by atoms with Gasteiger partial charge < -0.3 is 20.5 Å². The van der Waals surface area contributed by atoms with Crippen molar-refractivity contribution < 1.29 is 5.02 Å². The van der Waals surface area contributed by atoms with Crippen LogP contribution in [0.5, 0.6) is 0 Å². The zero-order valence-corrected chi connectivity index (χ0v) is 15.3. The zero-order valence-electron chi connectivity index (χ0n) is 15.3. The van der Waals surface area contributed by atoms with E-state index >= 15 is 0 Å². The minimum absolute atomic E-state index is 0.0243. The van der Waals surface area contributed by atoms with Gasteiger partial charge >= 0.3 is 7.05 Å². The molecular weight excluding hydrogens is 343 g/mol. The summed E-state index contributed by atoms with van der Waals surface area (Å²) in [5.74, 6) is 2.56. The van der Waals surface area contributed by atoms with Gasteiger partial charge in [0.25, 0.3) is 0 Å². The third-order valence-electron chi connectivity index (χ3n) is 5.34. The van der Waals surface area contributed by atoms with Crippen LogP contribution in [0.4, 0.5) is 17.6 Å². The molecule has 1 aliphatic carbocycles. The lowest BCUT2D eigenvalue weighted by Gasteiger charge is -2.23. The van der Waals surface area contributed by atoms with Gasteiger partial charge in [0.1, 0.15) is 5.82 Å². The molecule has 1 unspecified atom stereocenters. The van der Waals surface area contributed by atoms with Crippen LogP contribution in [0.15, 0.2) is 24.4 Å². The molecule has 2 fully saturated rings. The van der Waals surface area contributed by atoms with Crippen LogP contribution in [0.25, 0.3) is 11.0 Å². The first-order valence-electron chi connectivity index (χ1n) is 9.15. The Bertz CT molecular complexity index is 1010. The fourth-order valence-corrected chi connectivity index (χ4v) is 4.07. The van der Waals surface area contributed by atoms with Gasteiger partial charge in [0.15, 0.2) is 11.5 Å². The van der Waals surface area contributed by atoms with E-state index in [0.29, 0.717) is 29.1 Å². The van der Waals surface area contributed by atoms with E-state index in [9.17, 15) is 5.02 Å².